The van der Waals surface area contributed by atoms with Gasteiger partial charge in [0.2, 0.25) is 11.8 Å². The van der Waals surface area contributed by atoms with Crippen molar-refractivity contribution in [3.8, 4) is 0 Å². The molecule has 0 bridgehead atoms. The van der Waals surface area contributed by atoms with E-state index in [1.165, 1.54) is 5.56 Å². The Balaban J connectivity index is 0.000000313. The van der Waals surface area contributed by atoms with Crippen molar-refractivity contribution < 1.29 is 9.59 Å². The first-order valence-corrected chi connectivity index (χ1v) is 9.48. The number of hydrogen-bond acceptors (Lipinski definition) is 5. The number of rotatable bonds is 6. The second-order valence-electron chi connectivity index (χ2n) is 6.52. The number of hydrogen-bond donors (Lipinski definition) is 5. The van der Waals surface area contributed by atoms with Gasteiger partial charge in [0.05, 0.1) is 17.6 Å². The Morgan fingerprint density at radius 1 is 1.14 bits per heavy atom. The maximum absolute atomic E-state index is 11.8. The fourth-order valence-corrected chi connectivity index (χ4v) is 2.61. The Kier molecular flexibility index (Phi) is 8.17. The standard InChI is InChI=1S/C13H18N6O2.C8H10/c1-7(17-11(20)5-14)12(21)16-6-8-2-3-9-10(4-8)19-13(15)18-9;1-2-8-6-4-3-5-7-8/h2-4,7H,5-6,14H2,1H3,(H,16,21)(H,17,20)(H3,15,18,19);3-7H,2H2,1H3. The summed E-state index contributed by atoms with van der Waals surface area (Å²) >= 11 is 0. The van der Waals surface area contributed by atoms with E-state index in [1.807, 2.05) is 24.3 Å². The number of H-pyrrole nitrogens is 1. The quantitative estimate of drug-likeness (QED) is 0.429. The molecule has 0 fully saturated rings. The largest absolute Gasteiger partial charge is 0.369 e. The smallest absolute Gasteiger partial charge is 0.242 e. The molecule has 0 saturated carbocycles. The number of nitrogens with two attached hydrogens (primary N) is 2. The summed E-state index contributed by atoms with van der Waals surface area (Å²) in [6, 6.07) is 15.4. The van der Waals surface area contributed by atoms with Crippen LogP contribution >= 0.6 is 0 Å². The van der Waals surface area contributed by atoms with Gasteiger partial charge in [-0.1, -0.05) is 43.3 Å². The van der Waals surface area contributed by atoms with Crippen molar-refractivity contribution in [1.82, 2.24) is 20.6 Å². The third kappa shape index (κ3) is 6.93. The number of aryl methyl sites for hydroxylation is 1. The van der Waals surface area contributed by atoms with E-state index < -0.39 is 6.04 Å². The van der Waals surface area contributed by atoms with Crippen LogP contribution in [0.3, 0.4) is 0 Å². The molecule has 3 rings (SSSR count). The van der Waals surface area contributed by atoms with Crippen LogP contribution in [0.1, 0.15) is 25.0 Å². The molecule has 7 N–H and O–H groups in total. The summed E-state index contributed by atoms with van der Waals surface area (Å²) < 4.78 is 0. The number of fused-ring (bicyclic) bond motifs is 1. The van der Waals surface area contributed by atoms with E-state index in [2.05, 4.69) is 51.8 Å². The molecule has 1 aromatic heterocycles. The van der Waals surface area contributed by atoms with Crippen molar-refractivity contribution in [1.29, 1.82) is 0 Å². The van der Waals surface area contributed by atoms with Crippen LogP contribution in [0.4, 0.5) is 5.95 Å². The van der Waals surface area contributed by atoms with Crippen LogP contribution in [0.25, 0.3) is 11.0 Å². The van der Waals surface area contributed by atoms with Gasteiger partial charge in [0.25, 0.3) is 0 Å². The lowest BCUT2D eigenvalue weighted by Crippen LogP contribution is -2.46. The molecule has 154 valence electrons. The molecule has 0 spiro atoms. The van der Waals surface area contributed by atoms with Crippen molar-refractivity contribution in [3.05, 3.63) is 59.7 Å². The summed E-state index contributed by atoms with van der Waals surface area (Å²) in [7, 11) is 0. The number of aromatic amines is 1. The first-order chi connectivity index (χ1) is 13.9. The van der Waals surface area contributed by atoms with Crippen molar-refractivity contribution in [3.63, 3.8) is 0 Å². The zero-order valence-electron chi connectivity index (χ0n) is 16.7. The second-order valence-corrected chi connectivity index (χ2v) is 6.52. The predicted molar refractivity (Wildman–Crippen MR) is 115 cm³/mol. The van der Waals surface area contributed by atoms with Crippen molar-refractivity contribution >= 4 is 28.8 Å². The molecular formula is C21H28N6O2. The van der Waals surface area contributed by atoms with Gasteiger partial charge in [-0.2, -0.15) is 0 Å². The molecule has 0 aliphatic carbocycles. The van der Waals surface area contributed by atoms with Crippen LogP contribution in [0.15, 0.2) is 48.5 Å². The summed E-state index contributed by atoms with van der Waals surface area (Å²) in [4.78, 5) is 30.0. The van der Waals surface area contributed by atoms with Gasteiger partial charge in [-0.05, 0) is 36.6 Å². The van der Waals surface area contributed by atoms with Gasteiger partial charge in [-0.15, -0.1) is 0 Å². The highest BCUT2D eigenvalue weighted by Crippen LogP contribution is 2.14. The number of nitrogens with zero attached hydrogens (tertiary/aromatic N) is 1. The number of imidazole rings is 1. The molecule has 8 heteroatoms. The van der Waals surface area contributed by atoms with Crippen LogP contribution in [0, 0.1) is 0 Å². The fraction of sp³-hybridized carbons (Fsp3) is 0.286. The topological polar surface area (TPSA) is 139 Å². The molecule has 1 atom stereocenters. The predicted octanol–water partition coefficient (Wildman–Crippen LogP) is 1.47. The average molecular weight is 396 g/mol. The monoisotopic (exact) mass is 396 g/mol. The van der Waals surface area contributed by atoms with E-state index in [0.29, 0.717) is 12.5 Å². The first kappa shape index (κ1) is 21.9. The molecule has 0 aliphatic rings. The third-order valence-corrected chi connectivity index (χ3v) is 4.24. The molecule has 29 heavy (non-hydrogen) atoms. The molecule has 0 radical (unpaired) electrons. The van der Waals surface area contributed by atoms with E-state index in [-0.39, 0.29) is 18.4 Å². The van der Waals surface area contributed by atoms with Gasteiger partial charge in [0.1, 0.15) is 6.04 Å². The molecule has 1 heterocycles. The molecular weight excluding hydrogens is 368 g/mol. The molecule has 3 aromatic rings. The Morgan fingerprint density at radius 3 is 2.48 bits per heavy atom. The Bertz CT molecular complexity index is 939. The normalized spacial score (nSPS) is 11.3. The van der Waals surface area contributed by atoms with Crippen molar-refractivity contribution in [2.24, 2.45) is 5.73 Å². The first-order valence-electron chi connectivity index (χ1n) is 9.48. The highest BCUT2D eigenvalue weighted by molar-refractivity contribution is 5.88. The van der Waals surface area contributed by atoms with E-state index in [9.17, 15) is 9.59 Å². The number of amides is 2. The maximum Gasteiger partial charge on any atom is 0.242 e. The van der Waals surface area contributed by atoms with Gasteiger partial charge < -0.3 is 27.1 Å². The van der Waals surface area contributed by atoms with Gasteiger partial charge in [-0.3, -0.25) is 9.59 Å². The Hall–Kier alpha value is -3.39. The lowest BCUT2D eigenvalue weighted by atomic mass is 10.2. The third-order valence-electron chi connectivity index (χ3n) is 4.24. The minimum Gasteiger partial charge on any atom is -0.369 e. The Morgan fingerprint density at radius 2 is 1.86 bits per heavy atom. The number of benzene rings is 2. The molecule has 2 aromatic carbocycles. The zero-order valence-corrected chi connectivity index (χ0v) is 16.7. The Labute approximate surface area is 170 Å². The lowest BCUT2D eigenvalue weighted by molar-refractivity contribution is -0.128. The highest BCUT2D eigenvalue weighted by atomic mass is 16.2. The summed E-state index contributed by atoms with van der Waals surface area (Å²) in [6.07, 6.45) is 1.14. The van der Waals surface area contributed by atoms with Gasteiger partial charge in [0, 0.05) is 6.54 Å². The highest BCUT2D eigenvalue weighted by Gasteiger charge is 2.14. The van der Waals surface area contributed by atoms with Crippen molar-refractivity contribution in [2.75, 3.05) is 12.3 Å². The molecule has 0 saturated heterocycles. The number of nitrogens with one attached hydrogen (secondary N) is 3. The molecule has 2 amide bonds. The summed E-state index contributed by atoms with van der Waals surface area (Å²) in [5.74, 6) is -0.294. The maximum atomic E-state index is 11.8. The minimum atomic E-state index is -0.632. The SMILES string of the molecule is CC(NC(=O)CN)C(=O)NCc1ccc2nc(N)[nH]c2c1.CCc1ccccc1. The van der Waals surface area contributed by atoms with Crippen molar-refractivity contribution in [2.45, 2.75) is 32.9 Å². The molecule has 1 unspecified atom stereocenters. The van der Waals surface area contributed by atoms with E-state index >= 15 is 0 Å². The summed E-state index contributed by atoms with van der Waals surface area (Å²) in [5, 5.41) is 5.23. The number of carbonyl (C=O) groups is 2. The van der Waals surface area contributed by atoms with Crippen LogP contribution in [0.2, 0.25) is 0 Å². The number of anilines is 1. The van der Waals surface area contributed by atoms with Crippen LogP contribution < -0.4 is 22.1 Å². The number of aromatic nitrogens is 2. The van der Waals surface area contributed by atoms with E-state index in [4.69, 9.17) is 11.5 Å². The lowest BCUT2D eigenvalue weighted by Gasteiger charge is -2.13. The molecule has 8 nitrogen and oxygen atoms in total. The minimum absolute atomic E-state index is 0.143. The van der Waals surface area contributed by atoms with E-state index in [0.717, 1.165) is 23.0 Å². The summed E-state index contributed by atoms with van der Waals surface area (Å²) in [6.45, 7) is 3.96. The van der Waals surface area contributed by atoms with Crippen LogP contribution in [-0.2, 0) is 22.6 Å². The van der Waals surface area contributed by atoms with Crippen LogP contribution in [-0.4, -0.2) is 34.4 Å². The average Bonchev–Trinajstić information content (AvgIpc) is 3.12. The van der Waals surface area contributed by atoms with Crippen LogP contribution in [0.5, 0.6) is 0 Å². The van der Waals surface area contributed by atoms with Gasteiger partial charge >= 0.3 is 0 Å². The molecule has 0 aliphatic heterocycles. The zero-order chi connectivity index (χ0) is 21.2. The van der Waals surface area contributed by atoms with E-state index in [1.54, 1.807) is 6.92 Å². The van der Waals surface area contributed by atoms with Gasteiger partial charge in [0.15, 0.2) is 5.95 Å². The second kappa shape index (κ2) is 10.8. The van der Waals surface area contributed by atoms with Gasteiger partial charge in [-0.25, -0.2) is 4.98 Å². The number of nitrogen functional groups attached to an aromatic ring is 1. The number of carbonyl (C=O) groups excluding carboxylic acids is 2. The fourth-order valence-electron chi connectivity index (χ4n) is 2.61. The summed E-state index contributed by atoms with van der Waals surface area (Å²) in [5.41, 5.74) is 14.6.